The Labute approximate surface area is 182 Å². The summed E-state index contributed by atoms with van der Waals surface area (Å²) < 4.78 is 40.7. The summed E-state index contributed by atoms with van der Waals surface area (Å²) in [7, 11) is 0. The number of benzene rings is 1. The van der Waals surface area contributed by atoms with Crippen molar-refractivity contribution in [2.45, 2.75) is 38.7 Å². The first kappa shape index (κ1) is 20.6. The Kier molecular flexibility index (Phi) is 4.94. The fourth-order valence-corrected chi connectivity index (χ4v) is 4.30. The van der Waals surface area contributed by atoms with E-state index in [2.05, 4.69) is 32.2 Å². The van der Waals surface area contributed by atoms with Gasteiger partial charge >= 0.3 is 6.18 Å². The number of alkyl halides is 3. The number of aromatic nitrogens is 4. The van der Waals surface area contributed by atoms with Crippen LogP contribution in [0.4, 0.5) is 24.7 Å². The molecular weight excluding hydrogens is 421 g/mol. The molecule has 0 amide bonds. The molecule has 32 heavy (non-hydrogen) atoms. The molecule has 2 atom stereocenters. The molecule has 2 aliphatic rings. The van der Waals surface area contributed by atoms with Crippen LogP contribution in [0, 0.1) is 11.8 Å². The maximum atomic E-state index is 13.0. The van der Waals surface area contributed by atoms with Crippen molar-refractivity contribution >= 4 is 11.5 Å². The number of rotatable bonds is 6. The molecule has 2 N–H and O–H groups in total. The highest BCUT2D eigenvalue weighted by Gasteiger charge is 2.37. The Morgan fingerprint density at radius 3 is 2.84 bits per heavy atom. The fraction of sp³-hybridized carbons (Fsp3) is 0.409. The molecule has 10 heteroatoms. The van der Waals surface area contributed by atoms with Gasteiger partial charge in [0.15, 0.2) is 5.82 Å². The zero-order valence-electron chi connectivity index (χ0n) is 17.4. The van der Waals surface area contributed by atoms with Crippen LogP contribution in [0.1, 0.15) is 42.6 Å². The molecular formula is C22H23F3N6O. The normalized spacial score (nSPS) is 19.0. The van der Waals surface area contributed by atoms with Gasteiger partial charge in [0.05, 0.1) is 24.6 Å². The summed E-state index contributed by atoms with van der Waals surface area (Å²) in [6, 6.07) is 5.24. The van der Waals surface area contributed by atoms with Crippen molar-refractivity contribution < 1.29 is 13.2 Å². The van der Waals surface area contributed by atoms with E-state index in [1.165, 1.54) is 25.2 Å². The summed E-state index contributed by atoms with van der Waals surface area (Å²) in [5, 5.41) is 7.61. The van der Waals surface area contributed by atoms with Crippen LogP contribution in [0.25, 0.3) is 0 Å². The lowest BCUT2D eigenvalue weighted by Crippen LogP contribution is -2.33. The van der Waals surface area contributed by atoms with Crippen LogP contribution in [0.3, 0.4) is 0 Å². The first-order valence-electron chi connectivity index (χ1n) is 10.6. The molecule has 168 valence electrons. The summed E-state index contributed by atoms with van der Waals surface area (Å²) in [6.07, 6.45) is 2.61. The number of H-pyrrole nitrogens is 1. The molecule has 1 aliphatic carbocycles. The maximum absolute atomic E-state index is 13.0. The predicted molar refractivity (Wildman–Crippen MR) is 113 cm³/mol. The first-order chi connectivity index (χ1) is 15.3. The Bertz CT molecular complexity index is 1180. The van der Waals surface area contributed by atoms with Gasteiger partial charge < -0.3 is 15.2 Å². The van der Waals surface area contributed by atoms with Crippen molar-refractivity contribution in [3.63, 3.8) is 0 Å². The van der Waals surface area contributed by atoms with E-state index >= 15 is 0 Å². The van der Waals surface area contributed by atoms with Crippen LogP contribution >= 0.6 is 0 Å². The van der Waals surface area contributed by atoms with Crippen molar-refractivity contribution in [1.82, 2.24) is 19.7 Å². The molecule has 1 aromatic carbocycles. The number of halogens is 3. The molecule has 7 nitrogen and oxygen atoms in total. The van der Waals surface area contributed by atoms with E-state index in [9.17, 15) is 18.0 Å². The lowest BCUT2D eigenvalue weighted by molar-refractivity contribution is -0.137. The average Bonchev–Trinajstić information content (AvgIpc) is 3.41. The van der Waals surface area contributed by atoms with Crippen molar-refractivity contribution in [3.8, 4) is 0 Å². The van der Waals surface area contributed by atoms with Crippen LogP contribution in [-0.2, 0) is 12.7 Å². The largest absolute Gasteiger partial charge is 0.416 e. The highest BCUT2D eigenvalue weighted by atomic mass is 19.4. The average molecular weight is 444 g/mol. The third kappa shape index (κ3) is 3.96. The van der Waals surface area contributed by atoms with Gasteiger partial charge in [0, 0.05) is 18.3 Å². The highest BCUT2D eigenvalue weighted by molar-refractivity contribution is 5.71. The van der Waals surface area contributed by atoms with Gasteiger partial charge in [-0.2, -0.15) is 18.3 Å². The van der Waals surface area contributed by atoms with Crippen LogP contribution in [-0.4, -0.2) is 26.3 Å². The minimum Gasteiger partial charge on any atom is -0.354 e. The smallest absolute Gasteiger partial charge is 0.354 e. The number of fused-ring (bicyclic) bond motifs is 1. The molecule has 5 rings (SSSR count). The van der Waals surface area contributed by atoms with E-state index in [0.717, 1.165) is 24.2 Å². The zero-order chi connectivity index (χ0) is 22.5. The quantitative estimate of drug-likeness (QED) is 0.601. The Morgan fingerprint density at radius 2 is 2.09 bits per heavy atom. The Morgan fingerprint density at radius 1 is 1.28 bits per heavy atom. The Hall–Kier alpha value is -3.30. The van der Waals surface area contributed by atoms with Crippen LogP contribution in [0.5, 0.6) is 0 Å². The molecule has 0 bridgehead atoms. The topological polar surface area (TPSA) is 78.8 Å². The van der Waals surface area contributed by atoms with Gasteiger partial charge in [0.1, 0.15) is 11.9 Å². The first-order valence-corrected chi connectivity index (χ1v) is 10.6. The summed E-state index contributed by atoms with van der Waals surface area (Å²) in [6.45, 7) is 3.16. The number of nitrogens with one attached hydrogen (secondary N) is 2. The standard InChI is InChI=1S/C22H23F3N6O/c1-13(15-5-6-15)9-31-19(29-18-20(31)26-12-27-21(18)32)16-8-28-30(11-16)10-14-3-2-4-17(7-14)22(23,24)25/h2-4,7-8,11-13,15,19,29H,5-6,9-10H2,1H3,(H,26,27,32). The second kappa shape index (κ2) is 7.68. The van der Waals surface area contributed by atoms with Gasteiger partial charge in [0.25, 0.3) is 5.56 Å². The zero-order valence-corrected chi connectivity index (χ0v) is 17.4. The van der Waals surface area contributed by atoms with Crippen molar-refractivity contribution in [2.24, 2.45) is 11.8 Å². The molecule has 0 radical (unpaired) electrons. The SMILES string of the molecule is CC(CN1c2nc[nH]c(=O)c2NC1c1cnn(Cc2cccc(C(F)(F)F)c2)c1)C1CC1. The maximum Gasteiger partial charge on any atom is 0.416 e. The molecule has 0 spiro atoms. The van der Waals surface area contributed by atoms with E-state index in [1.807, 2.05) is 0 Å². The van der Waals surface area contributed by atoms with E-state index in [4.69, 9.17) is 0 Å². The number of hydrogen-bond donors (Lipinski definition) is 2. The van der Waals surface area contributed by atoms with E-state index < -0.39 is 11.7 Å². The fourth-order valence-electron chi connectivity index (χ4n) is 4.30. The van der Waals surface area contributed by atoms with Crippen molar-refractivity contribution in [1.29, 1.82) is 0 Å². The number of nitrogens with zero attached hydrogens (tertiary/aromatic N) is 4. The minimum atomic E-state index is -4.39. The third-order valence-electron chi connectivity index (χ3n) is 6.18. The number of hydrogen-bond acceptors (Lipinski definition) is 5. The van der Waals surface area contributed by atoms with Gasteiger partial charge in [-0.05, 0) is 42.4 Å². The van der Waals surface area contributed by atoms with Crippen molar-refractivity contribution in [2.75, 3.05) is 16.8 Å². The molecule has 0 saturated heterocycles. The van der Waals surface area contributed by atoms with E-state index in [-0.39, 0.29) is 18.3 Å². The predicted octanol–water partition coefficient (Wildman–Crippen LogP) is 4.01. The molecule has 1 fully saturated rings. The summed E-state index contributed by atoms with van der Waals surface area (Å²) >= 11 is 0. The van der Waals surface area contributed by atoms with Gasteiger partial charge in [0.2, 0.25) is 0 Å². The monoisotopic (exact) mass is 444 g/mol. The summed E-state index contributed by atoms with van der Waals surface area (Å²) in [4.78, 5) is 21.4. The highest BCUT2D eigenvalue weighted by Crippen LogP contribution is 2.42. The minimum absolute atomic E-state index is 0.209. The molecule has 1 saturated carbocycles. The van der Waals surface area contributed by atoms with Crippen LogP contribution < -0.4 is 15.8 Å². The lowest BCUT2D eigenvalue weighted by atomic mass is 10.1. The van der Waals surface area contributed by atoms with Crippen molar-refractivity contribution in [3.05, 3.63) is 70.0 Å². The molecule has 2 aromatic heterocycles. The molecule has 3 aromatic rings. The lowest BCUT2D eigenvalue weighted by Gasteiger charge is -2.28. The van der Waals surface area contributed by atoms with E-state index in [1.54, 1.807) is 23.1 Å². The third-order valence-corrected chi connectivity index (χ3v) is 6.18. The second-order valence-electron chi connectivity index (χ2n) is 8.61. The van der Waals surface area contributed by atoms with E-state index in [0.29, 0.717) is 28.9 Å². The van der Waals surface area contributed by atoms with Gasteiger partial charge in [-0.15, -0.1) is 0 Å². The second-order valence-corrected chi connectivity index (χ2v) is 8.61. The van der Waals surface area contributed by atoms with Crippen LogP contribution in [0.2, 0.25) is 0 Å². The number of aromatic amines is 1. The molecule has 2 unspecified atom stereocenters. The van der Waals surface area contributed by atoms with Gasteiger partial charge in [-0.3, -0.25) is 9.48 Å². The van der Waals surface area contributed by atoms with Gasteiger partial charge in [-0.25, -0.2) is 4.98 Å². The molecule has 1 aliphatic heterocycles. The van der Waals surface area contributed by atoms with Gasteiger partial charge in [-0.1, -0.05) is 19.1 Å². The molecule has 3 heterocycles. The Balaban J connectivity index is 1.40. The van der Waals surface area contributed by atoms with Crippen LogP contribution in [0.15, 0.2) is 47.8 Å². The summed E-state index contributed by atoms with van der Waals surface area (Å²) in [5.41, 5.74) is 0.830. The summed E-state index contributed by atoms with van der Waals surface area (Å²) in [5.74, 6) is 1.74. The number of anilines is 2.